The minimum Gasteiger partial charge on any atom is -0.477 e. The molecule has 3 N–H and O–H groups in total. The molecule has 0 aromatic rings. The van der Waals surface area contributed by atoms with Gasteiger partial charge in [-0.25, -0.2) is 4.79 Å². The van der Waals surface area contributed by atoms with E-state index in [1.165, 1.54) is 0 Å². The van der Waals surface area contributed by atoms with E-state index < -0.39 is 11.7 Å². The normalized spacial score (nSPS) is 14.9. The minimum atomic E-state index is -2.40. The van der Waals surface area contributed by atoms with Gasteiger partial charge in [-0.05, 0) is 6.08 Å². The van der Waals surface area contributed by atoms with Gasteiger partial charge in [0.05, 0.1) is 0 Å². The average molecular weight is 144 g/mol. The Labute approximate surface area is 57.0 Å². The van der Waals surface area contributed by atoms with Crippen molar-refractivity contribution in [3.8, 4) is 0 Å². The fourth-order valence-electron chi connectivity index (χ4n) is 0.270. The van der Waals surface area contributed by atoms with Gasteiger partial charge in [0.15, 0.2) is 0 Å². The van der Waals surface area contributed by atoms with Gasteiger partial charge in [0, 0.05) is 0 Å². The van der Waals surface area contributed by atoms with Crippen molar-refractivity contribution in [3.05, 3.63) is 12.7 Å². The van der Waals surface area contributed by atoms with Crippen LogP contribution < -0.4 is 5.32 Å². The van der Waals surface area contributed by atoms with E-state index in [4.69, 9.17) is 10.2 Å². The second kappa shape index (κ2) is 2.98. The maximum atomic E-state index is 10.1. The zero-order valence-electron chi connectivity index (χ0n) is 5.00. The topological polar surface area (TPSA) is 86.6 Å². The van der Waals surface area contributed by atoms with Gasteiger partial charge in [-0.2, -0.15) is 0 Å². The number of rotatable bonds is 4. The number of carbonyl (C=O) groups excluding carboxylic acids is 1. The fourth-order valence-corrected chi connectivity index (χ4v) is 0.270. The van der Waals surface area contributed by atoms with Crippen molar-refractivity contribution in [1.29, 1.82) is 0 Å². The second-order valence-electron chi connectivity index (χ2n) is 1.50. The summed E-state index contributed by atoms with van der Waals surface area (Å²) in [6, 6.07) is 0. The van der Waals surface area contributed by atoms with Crippen LogP contribution in [0.25, 0.3) is 0 Å². The van der Waals surface area contributed by atoms with Crippen LogP contribution in [0, 0.1) is 0 Å². The first-order valence-electron chi connectivity index (χ1n) is 2.30. The lowest BCUT2D eigenvalue weighted by Crippen LogP contribution is -2.49. The van der Waals surface area contributed by atoms with Gasteiger partial charge in [0.2, 0.25) is 0 Å². The Bertz CT molecular complexity index is 167. The molecule has 1 unspecified atom stereocenters. The number of amides is 1. The number of carbonyl (C=O) groups is 1. The summed E-state index contributed by atoms with van der Waals surface area (Å²) in [5, 5.41) is 18.5. The van der Waals surface area contributed by atoms with Crippen LogP contribution in [0.1, 0.15) is 0 Å². The largest absolute Gasteiger partial charge is 0.477 e. The molecule has 55 valence electrons. The van der Waals surface area contributed by atoms with Crippen molar-refractivity contribution in [3.63, 3.8) is 0 Å². The molecule has 0 spiro atoms. The molecule has 0 aliphatic rings. The van der Waals surface area contributed by atoms with E-state index in [0.717, 1.165) is 6.41 Å². The van der Waals surface area contributed by atoms with Crippen LogP contribution in [-0.2, 0) is 9.59 Å². The van der Waals surface area contributed by atoms with Crippen molar-refractivity contribution in [2.45, 2.75) is 5.72 Å². The summed E-state index contributed by atoms with van der Waals surface area (Å²) in [6.45, 7) is 3.00. The summed E-state index contributed by atoms with van der Waals surface area (Å²) in [6.07, 6.45) is 1.72. The molecule has 0 aliphatic carbocycles. The molecule has 1 radical (unpaired) electrons. The molecule has 0 rings (SSSR count). The Hall–Kier alpha value is -1.36. The number of hydrogen-bond donors (Lipinski definition) is 3. The zero-order valence-corrected chi connectivity index (χ0v) is 5.00. The maximum absolute atomic E-state index is 10.1. The predicted molar refractivity (Wildman–Crippen MR) is 31.6 cm³/mol. The standard InChI is InChI=1S/C5H6NO4/c1-2-5(10,4(8)9)6-3-7/h2,10H,1H2,(H,6,7)(H,8,9). The third-order valence-corrected chi connectivity index (χ3v) is 0.863. The molecule has 0 aromatic heterocycles. The van der Waals surface area contributed by atoms with Crippen LogP contribution in [0.15, 0.2) is 12.7 Å². The van der Waals surface area contributed by atoms with Crippen LogP contribution in [-0.4, -0.2) is 28.3 Å². The Morgan fingerprint density at radius 1 is 1.80 bits per heavy atom. The summed E-state index contributed by atoms with van der Waals surface area (Å²) in [7, 11) is 0. The van der Waals surface area contributed by atoms with Gasteiger partial charge in [0.25, 0.3) is 5.72 Å². The minimum absolute atomic E-state index is 0.681. The molecule has 10 heavy (non-hydrogen) atoms. The molecule has 5 heteroatoms. The molecule has 0 aliphatic heterocycles. The highest BCUT2D eigenvalue weighted by Crippen LogP contribution is 1.98. The molecule has 1 amide bonds. The Balaban J connectivity index is 4.36. The number of aliphatic carboxylic acids is 1. The molecule has 1 atom stereocenters. The van der Waals surface area contributed by atoms with Crippen LogP contribution in [0.4, 0.5) is 0 Å². The SMILES string of the molecule is C=CC(O)(N[C]=O)C(=O)O. The molecular formula is C5H6NO4. The maximum Gasteiger partial charge on any atom is 0.361 e. The number of hydrogen-bond acceptors (Lipinski definition) is 3. The zero-order chi connectivity index (χ0) is 8.20. The fraction of sp³-hybridized carbons (Fsp3) is 0.200. The van der Waals surface area contributed by atoms with E-state index in [2.05, 4.69) is 6.58 Å². The number of carboxylic acids is 1. The van der Waals surface area contributed by atoms with Gasteiger partial charge in [-0.15, -0.1) is 0 Å². The highest BCUT2D eigenvalue weighted by atomic mass is 16.4. The van der Waals surface area contributed by atoms with Crippen LogP contribution in [0.2, 0.25) is 0 Å². The smallest absolute Gasteiger partial charge is 0.361 e. The van der Waals surface area contributed by atoms with Crippen molar-refractivity contribution in [2.24, 2.45) is 0 Å². The van der Waals surface area contributed by atoms with E-state index in [1.807, 2.05) is 0 Å². The van der Waals surface area contributed by atoms with Crippen molar-refractivity contribution in [1.82, 2.24) is 5.32 Å². The monoisotopic (exact) mass is 144 g/mol. The van der Waals surface area contributed by atoms with E-state index in [-0.39, 0.29) is 0 Å². The Morgan fingerprint density at radius 3 is 2.40 bits per heavy atom. The van der Waals surface area contributed by atoms with E-state index in [9.17, 15) is 9.59 Å². The number of aliphatic hydroxyl groups is 1. The lowest BCUT2D eigenvalue weighted by atomic mass is 10.2. The number of nitrogens with one attached hydrogen (secondary N) is 1. The first kappa shape index (κ1) is 8.64. The van der Waals surface area contributed by atoms with E-state index >= 15 is 0 Å². The molecular weight excluding hydrogens is 138 g/mol. The lowest BCUT2D eigenvalue weighted by molar-refractivity contribution is -0.154. The molecule has 0 heterocycles. The first-order valence-corrected chi connectivity index (χ1v) is 2.30. The summed E-state index contributed by atoms with van der Waals surface area (Å²) < 4.78 is 0. The summed E-state index contributed by atoms with van der Waals surface area (Å²) in [4.78, 5) is 19.7. The summed E-state index contributed by atoms with van der Waals surface area (Å²) >= 11 is 0. The highest BCUT2D eigenvalue weighted by Gasteiger charge is 2.31. The van der Waals surface area contributed by atoms with Gasteiger partial charge in [0.1, 0.15) is 0 Å². The second-order valence-corrected chi connectivity index (χ2v) is 1.50. The highest BCUT2D eigenvalue weighted by molar-refractivity contribution is 5.81. The first-order chi connectivity index (χ1) is 4.56. The van der Waals surface area contributed by atoms with Crippen molar-refractivity contribution in [2.75, 3.05) is 0 Å². The van der Waals surface area contributed by atoms with E-state index in [1.54, 1.807) is 5.32 Å². The van der Waals surface area contributed by atoms with Crippen LogP contribution in [0.3, 0.4) is 0 Å². The molecule has 0 bridgehead atoms. The molecule has 5 nitrogen and oxygen atoms in total. The average Bonchev–Trinajstić information content (AvgIpc) is 1.88. The Morgan fingerprint density at radius 2 is 2.30 bits per heavy atom. The van der Waals surface area contributed by atoms with Crippen molar-refractivity contribution < 1.29 is 19.8 Å². The third-order valence-electron chi connectivity index (χ3n) is 0.863. The lowest BCUT2D eigenvalue weighted by Gasteiger charge is -2.15. The third kappa shape index (κ3) is 1.56. The van der Waals surface area contributed by atoms with Crippen LogP contribution in [0.5, 0.6) is 0 Å². The number of carboxylic acid groups (broad SMARTS) is 1. The van der Waals surface area contributed by atoms with Gasteiger partial charge in [-0.3, -0.25) is 4.79 Å². The predicted octanol–water partition coefficient (Wildman–Crippen LogP) is -1.40. The Kier molecular flexibility index (Phi) is 2.57. The molecule has 0 saturated carbocycles. The van der Waals surface area contributed by atoms with Gasteiger partial charge in [-0.1, -0.05) is 6.58 Å². The summed E-state index contributed by atoms with van der Waals surface area (Å²) in [5.74, 6) is -1.61. The van der Waals surface area contributed by atoms with E-state index in [0.29, 0.717) is 6.08 Å². The van der Waals surface area contributed by atoms with Gasteiger partial charge >= 0.3 is 12.4 Å². The van der Waals surface area contributed by atoms with Crippen molar-refractivity contribution >= 4 is 12.4 Å². The summed E-state index contributed by atoms with van der Waals surface area (Å²) in [5.41, 5.74) is -2.40. The molecule has 0 aromatic carbocycles. The molecule has 0 saturated heterocycles. The quantitative estimate of drug-likeness (QED) is 0.257. The molecule has 0 fully saturated rings. The van der Waals surface area contributed by atoms with Crippen LogP contribution >= 0.6 is 0 Å². The van der Waals surface area contributed by atoms with Gasteiger partial charge < -0.3 is 15.5 Å².